The maximum absolute atomic E-state index is 4.95. The lowest BCUT2D eigenvalue weighted by Crippen LogP contribution is -2.01. The van der Waals surface area contributed by atoms with E-state index in [-0.39, 0.29) is 0 Å². The summed E-state index contributed by atoms with van der Waals surface area (Å²) in [6, 6.07) is 0. The molecule has 0 spiro atoms. The molecule has 0 radical (unpaired) electrons. The van der Waals surface area contributed by atoms with Crippen LogP contribution in [-0.2, 0) is 9.78 Å². The van der Waals surface area contributed by atoms with Crippen molar-refractivity contribution in [2.45, 2.75) is 40.0 Å². The zero-order chi connectivity index (χ0) is 8.53. The number of unbranched alkanes of at least 4 members (excludes halogenated alkanes) is 1. The highest BCUT2D eigenvalue weighted by atomic mass is 17.2. The van der Waals surface area contributed by atoms with Crippen LogP contribution in [-0.4, -0.2) is 13.2 Å². The molecule has 0 fully saturated rings. The zero-order valence-corrected chi connectivity index (χ0v) is 7.93. The third-order valence-electron chi connectivity index (χ3n) is 1.44. The Morgan fingerprint density at radius 2 is 1.73 bits per heavy atom. The highest BCUT2D eigenvalue weighted by Crippen LogP contribution is 1.99. The first-order valence-electron chi connectivity index (χ1n) is 4.51. The van der Waals surface area contributed by atoms with Crippen molar-refractivity contribution in [1.29, 1.82) is 0 Å². The van der Waals surface area contributed by atoms with Crippen LogP contribution in [0.15, 0.2) is 0 Å². The van der Waals surface area contributed by atoms with E-state index in [4.69, 9.17) is 9.78 Å². The molecule has 0 unspecified atom stereocenters. The van der Waals surface area contributed by atoms with Crippen LogP contribution in [0.3, 0.4) is 0 Å². The van der Waals surface area contributed by atoms with Gasteiger partial charge in [0, 0.05) is 0 Å². The van der Waals surface area contributed by atoms with Crippen molar-refractivity contribution in [3.8, 4) is 0 Å². The quantitative estimate of drug-likeness (QED) is 0.324. The first kappa shape index (κ1) is 10.9. The second kappa shape index (κ2) is 8.02. The zero-order valence-electron chi connectivity index (χ0n) is 7.93. The van der Waals surface area contributed by atoms with E-state index in [0.29, 0.717) is 5.92 Å². The lowest BCUT2D eigenvalue weighted by atomic mass is 10.1. The van der Waals surface area contributed by atoms with E-state index in [1.54, 1.807) is 0 Å². The molecule has 2 heteroatoms. The van der Waals surface area contributed by atoms with Crippen LogP contribution in [0.4, 0.5) is 0 Å². The molecule has 0 aromatic heterocycles. The maximum Gasteiger partial charge on any atom is 0.0824 e. The Bertz CT molecular complexity index is 72.0. The van der Waals surface area contributed by atoms with Crippen LogP contribution in [0, 0.1) is 5.92 Å². The molecule has 0 saturated heterocycles. The van der Waals surface area contributed by atoms with Gasteiger partial charge in [-0.25, -0.2) is 9.78 Å². The lowest BCUT2D eigenvalue weighted by Gasteiger charge is -2.04. The summed E-state index contributed by atoms with van der Waals surface area (Å²) in [6.45, 7) is 7.94. The predicted molar refractivity (Wildman–Crippen MR) is 46.3 cm³/mol. The smallest absolute Gasteiger partial charge is 0.0824 e. The number of hydrogen-bond donors (Lipinski definition) is 0. The van der Waals surface area contributed by atoms with E-state index in [2.05, 4.69) is 20.8 Å². The first-order valence-corrected chi connectivity index (χ1v) is 4.51. The van der Waals surface area contributed by atoms with Gasteiger partial charge in [0.25, 0.3) is 0 Å². The van der Waals surface area contributed by atoms with Crippen LogP contribution in [0.1, 0.15) is 40.0 Å². The molecule has 0 rings (SSSR count). The number of rotatable bonds is 7. The van der Waals surface area contributed by atoms with E-state index in [0.717, 1.165) is 32.5 Å². The summed E-state index contributed by atoms with van der Waals surface area (Å²) in [4.78, 5) is 9.87. The van der Waals surface area contributed by atoms with Gasteiger partial charge >= 0.3 is 0 Å². The van der Waals surface area contributed by atoms with Crippen LogP contribution in [0.5, 0.6) is 0 Å². The fraction of sp³-hybridized carbons (Fsp3) is 1.00. The van der Waals surface area contributed by atoms with E-state index < -0.39 is 0 Å². The Labute approximate surface area is 69.8 Å². The number of hydrogen-bond acceptors (Lipinski definition) is 2. The van der Waals surface area contributed by atoms with E-state index in [1.807, 2.05) is 0 Å². The van der Waals surface area contributed by atoms with Gasteiger partial charge in [-0.3, -0.25) is 0 Å². The van der Waals surface area contributed by atoms with E-state index in [1.165, 1.54) is 0 Å². The molecular weight excluding hydrogens is 140 g/mol. The largest absolute Gasteiger partial charge is 0.237 e. The van der Waals surface area contributed by atoms with E-state index >= 15 is 0 Å². The molecule has 0 aliphatic carbocycles. The second-order valence-electron chi connectivity index (χ2n) is 3.18. The molecule has 0 bridgehead atoms. The van der Waals surface area contributed by atoms with Gasteiger partial charge in [0.05, 0.1) is 13.2 Å². The molecule has 0 saturated carbocycles. The molecule has 0 N–H and O–H groups in total. The average molecular weight is 160 g/mol. The molecule has 0 aliphatic heterocycles. The fourth-order valence-electron chi connectivity index (χ4n) is 0.605. The Morgan fingerprint density at radius 1 is 1.09 bits per heavy atom. The molecule has 0 heterocycles. The maximum atomic E-state index is 4.95. The molecule has 0 amide bonds. The third-order valence-corrected chi connectivity index (χ3v) is 1.44. The first-order chi connectivity index (χ1) is 5.27. The molecule has 2 nitrogen and oxygen atoms in total. The fourth-order valence-corrected chi connectivity index (χ4v) is 0.605. The minimum absolute atomic E-state index is 0.699. The normalized spacial score (nSPS) is 10.9. The van der Waals surface area contributed by atoms with Crippen molar-refractivity contribution < 1.29 is 9.78 Å². The van der Waals surface area contributed by atoms with E-state index in [9.17, 15) is 0 Å². The Balaban J connectivity index is 2.80. The van der Waals surface area contributed by atoms with Crippen molar-refractivity contribution >= 4 is 0 Å². The SMILES string of the molecule is CCCCOOCCC(C)C. The van der Waals surface area contributed by atoms with Gasteiger partial charge in [-0.05, 0) is 18.8 Å². The van der Waals surface area contributed by atoms with Crippen LogP contribution < -0.4 is 0 Å². The third kappa shape index (κ3) is 9.92. The summed E-state index contributed by atoms with van der Waals surface area (Å²) < 4.78 is 0. The van der Waals surface area contributed by atoms with Gasteiger partial charge in [0.1, 0.15) is 0 Å². The Kier molecular flexibility index (Phi) is 7.96. The predicted octanol–water partition coefficient (Wildman–Crippen LogP) is 2.78. The van der Waals surface area contributed by atoms with Crippen LogP contribution >= 0.6 is 0 Å². The molecule has 11 heavy (non-hydrogen) atoms. The lowest BCUT2D eigenvalue weighted by molar-refractivity contribution is -0.296. The standard InChI is InChI=1S/C9H20O2/c1-4-5-7-10-11-8-6-9(2)3/h9H,4-8H2,1-3H3. The monoisotopic (exact) mass is 160 g/mol. The average Bonchev–Trinajstić information content (AvgIpc) is 1.96. The van der Waals surface area contributed by atoms with Crippen molar-refractivity contribution in [2.24, 2.45) is 5.92 Å². The van der Waals surface area contributed by atoms with Crippen molar-refractivity contribution in [2.75, 3.05) is 13.2 Å². The minimum Gasteiger partial charge on any atom is -0.237 e. The van der Waals surface area contributed by atoms with Crippen molar-refractivity contribution in [3.63, 3.8) is 0 Å². The van der Waals surface area contributed by atoms with Gasteiger partial charge < -0.3 is 0 Å². The summed E-state index contributed by atoms with van der Waals surface area (Å²) in [5.74, 6) is 0.699. The summed E-state index contributed by atoms with van der Waals surface area (Å²) in [7, 11) is 0. The van der Waals surface area contributed by atoms with Crippen molar-refractivity contribution in [1.82, 2.24) is 0 Å². The molecule has 0 aromatic rings. The Morgan fingerprint density at radius 3 is 2.27 bits per heavy atom. The highest BCUT2D eigenvalue weighted by molar-refractivity contribution is 4.40. The summed E-state index contributed by atoms with van der Waals surface area (Å²) in [5.41, 5.74) is 0. The topological polar surface area (TPSA) is 18.5 Å². The molecule has 0 aliphatic rings. The van der Waals surface area contributed by atoms with Gasteiger partial charge in [-0.2, -0.15) is 0 Å². The highest BCUT2D eigenvalue weighted by Gasteiger charge is 1.93. The molecule has 0 aromatic carbocycles. The molecule has 68 valence electrons. The van der Waals surface area contributed by atoms with Gasteiger partial charge in [-0.15, -0.1) is 0 Å². The molecular formula is C9H20O2. The van der Waals surface area contributed by atoms with Gasteiger partial charge in [-0.1, -0.05) is 27.2 Å². The van der Waals surface area contributed by atoms with Gasteiger partial charge in [0.2, 0.25) is 0 Å². The van der Waals surface area contributed by atoms with Gasteiger partial charge in [0.15, 0.2) is 0 Å². The Hall–Kier alpha value is -0.0800. The summed E-state index contributed by atoms with van der Waals surface area (Å²) in [5, 5.41) is 0. The van der Waals surface area contributed by atoms with Crippen LogP contribution in [0.2, 0.25) is 0 Å². The summed E-state index contributed by atoms with van der Waals surface area (Å²) >= 11 is 0. The van der Waals surface area contributed by atoms with Crippen molar-refractivity contribution in [3.05, 3.63) is 0 Å². The van der Waals surface area contributed by atoms with Crippen LogP contribution in [0.25, 0.3) is 0 Å². The summed E-state index contributed by atoms with van der Waals surface area (Å²) in [6.07, 6.45) is 3.32. The molecule has 0 atom stereocenters. The second-order valence-corrected chi connectivity index (χ2v) is 3.18. The minimum atomic E-state index is 0.699.